The minimum Gasteiger partial charge on any atom is -0.481 e. The first-order valence-corrected chi connectivity index (χ1v) is 11.1. The van der Waals surface area contributed by atoms with Crippen LogP contribution in [0.25, 0.3) is 11.1 Å². The van der Waals surface area contributed by atoms with Gasteiger partial charge in [0, 0.05) is 19.0 Å². The molecule has 2 aromatic rings. The molecular weight excluding hydrogens is 408 g/mol. The van der Waals surface area contributed by atoms with Crippen LogP contribution in [-0.2, 0) is 14.3 Å². The van der Waals surface area contributed by atoms with E-state index in [0.29, 0.717) is 12.8 Å². The molecule has 168 valence electrons. The number of aliphatic carboxylic acids is 1. The largest absolute Gasteiger partial charge is 0.481 e. The van der Waals surface area contributed by atoms with Crippen LogP contribution >= 0.6 is 0 Å². The van der Waals surface area contributed by atoms with Crippen molar-refractivity contribution in [1.82, 2.24) is 10.6 Å². The van der Waals surface area contributed by atoms with Gasteiger partial charge in [-0.1, -0.05) is 61.4 Å². The Labute approximate surface area is 187 Å². The number of amides is 2. The Kier molecular flexibility index (Phi) is 6.44. The van der Waals surface area contributed by atoms with Crippen molar-refractivity contribution in [3.8, 4) is 11.1 Å². The van der Waals surface area contributed by atoms with Crippen molar-refractivity contribution in [2.45, 2.75) is 38.0 Å². The predicted octanol–water partition coefficient (Wildman–Crippen LogP) is 3.68. The highest BCUT2D eigenvalue weighted by Gasteiger charge is 2.41. The van der Waals surface area contributed by atoms with Gasteiger partial charge in [0.2, 0.25) is 5.91 Å². The zero-order valence-electron chi connectivity index (χ0n) is 17.9. The summed E-state index contributed by atoms with van der Waals surface area (Å²) in [5.74, 6) is -1.18. The predicted molar refractivity (Wildman–Crippen MR) is 119 cm³/mol. The van der Waals surface area contributed by atoms with Crippen LogP contribution in [0.4, 0.5) is 4.79 Å². The fraction of sp³-hybridized carbons (Fsp3) is 0.400. The molecule has 0 atom stereocenters. The Morgan fingerprint density at radius 1 is 0.938 bits per heavy atom. The SMILES string of the molecule is O=C(O)CCNC(=O)C1(CNC(=O)OCC2c3ccccc3-c3ccccc32)CCCC1. The summed E-state index contributed by atoms with van der Waals surface area (Å²) in [7, 11) is 0. The van der Waals surface area contributed by atoms with Crippen LogP contribution in [0.5, 0.6) is 0 Å². The third kappa shape index (κ3) is 4.47. The number of carboxylic acids is 1. The fourth-order valence-electron chi connectivity index (χ4n) is 4.90. The number of alkyl carbamates (subject to hydrolysis) is 1. The number of hydrogen-bond acceptors (Lipinski definition) is 4. The van der Waals surface area contributed by atoms with Gasteiger partial charge in [-0.25, -0.2) is 4.79 Å². The van der Waals surface area contributed by atoms with Gasteiger partial charge in [0.25, 0.3) is 0 Å². The molecule has 1 saturated carbocycles. The monoisotopic (exact) mass is 436 g/mol. The Balaban J connectivity index is 1.35. The van der Waals surface area contributed by atoms with E-state index in [1.807, 2.05) is 24.3 Å². The molecule has 2 aliphatic carbocycles. The van der Waals surface area contributed by atoms with E-state index in [1.54, 1.807) is 0 Å². The zero-order valence-corrected chi connectivity index (χ0v) is 17.9. The topological polar surface area (TPSA) is 105 Å². The van der Waals surface area contributed by atoms with Crippen molar-refractivity contribution < 1.29 is 24.2 Å². The zero-order chi connectivity index (χ0) is 22.6. The highest BCUT2D eigenvalue weighted by Crippen LogP contribution is 2.44. The molecule has 0 saturated heterocycles. The minimum atomic E-state index is -0.956. The van der Waals surface area contributed by atoms with Crippen molar-refractivity contribution in [2.75, 3.05) is 19.7 Å². The normalized spacial score (nSPS) is 16.1. The number of fused-ring (bicyclic) bond motifs is 3. The molecule has 0 unspecified atom stereocenters. The Hall–Kier alpha value is -3.35. The summed E-state index contributed by atoms with van der Waals surface area (Å²) in [4.78, 5) is 35.9. The molecule has 0 aliphatic heterocycles. The first-order chi connectivity index (χ1) is 15.5. The Morgan fingerprint density at radius 2 is 1.53 bits per heavy atom. The molecule has 2 amide bonds. The van der Waals surface area contributed by atoms with Crippen LogP contribution in [0.2, 0.25) is 0 Å². The summed E-state index contributed by atoms with van der Waals surface area (Å²) >= 11 is 0. The van der Waals surface area contributed by atoms with E-state index in [1.165, 1.54) is 11.1 Å². The summed E-state index contributed by atoms with van der Waals surface area (Å²) in [6.07, 6.45) is 2.46. The Bertz CT molecular complexity index is 967. The van der Waals surface area contributed by atoms with Crippen LogP contribution in [-0.4, -0.2) is 42.8 Å². The number of carbonyl (C=O) groups is 3. The second-order valence-corrected chi connectivity index (χ2v) is 8.57. The molecule has 0 heterocycles. The third-order valence-corrected chi connectivity index (χ3v) is 6.58. The van der Waals surface area contributed by atoms with Gasteiger partial charge < -0.3 is 20.5 Å². The lowest BCUT2D eigenvalue weighted by Crippen LogP contribution is -2.47. The summed E-state index contributed by atoms with van der Waals surface area (Å²) in [6.45, 7) is 0.487. The van der Waals surface area contributed by atoms with E-state index in [2.05, 4.69) is 34.9 Å². The molecule has 32 heavy (non-hydrogen) atoms. The number of ether oxygens (including phenoxy) is 1. The van der Waals surface area contributed by atoms with Gasteiger partial charge >= 0.3 is 12.1 Å². The summed E-state index contributed by atoms with van der Waals surface area (Å²) in [6, 6.07) is 16.3. The molecule has 7 heteroatoms. The molecule has 0 spiro atoms. The molecule has 4 rings (SSSR count). The van der Waals surface area contributed by atoms with E-state index in [9.17, 15) is 14.4 Å². The van der Waals surface area contributed by atoms with Crippen LogP contribution in [0.15, 0.2) is 48.5 Å². The van der Waals surface area contributed by atoms with Crippen LogP contribution in [0.1, 0.15) is 49.1 Å². The maximum absolute atomic E-state index is 12.7. The van der Waals surface area contributed by atoms with E-state index < -0.39 is 17.5 Å². The highest BCUT2D eigenvalue weighted by molar-refractivity contribution is 5.84. The lowest BCUT2D eigenvalue weighted by Gasteiger charge is -2.27. The third-order valence-electron chi connectivity index (χ3n) is 6.58. The molecule has 0 bridgehead atoms. The van der Waals surface area contributed by atoms with Crippen LogP contribution < -0.4 is 10.6 Å². The van der Waals surface area contributed by atoms with E-state index in [0.717, 1.165) is 24.0 Å². The second-order valence-electron chi connectivity index (χ2n) is 8.57. The first-order valence-electron chi connectivity index (χ1n) is 11.1. The van der Waals surface area contributed by atoms with Crippen molar-refractivity contribution in [1.29, 1.82) is 0 Å². The quantitative estimate of drug-likeness (QED) is 0.586. The number of nitrogens with one attached hydrogen (secondary N) is 2. The molecule has 0 aromatic heterocycles. The van der Waals surface area contributed by atoms with Gasteiger partial charge in [-0.05, 0) is 35.1 Å². The fourth-order valence-corrected chi connectivity index (χ4v) is 4.90. The molecule has 7 nitrogen and oxygen atoms in total. The molecule has 1 fully saturated rings. The molecule has 2 aliphatic rings. The van der Waals surface area contributed by atoms with Gasteiger partial charge in [0.1, 0.15) is 6.61 Å². The summed E-state index contributed by atoms with van der Waals surface area (Å²) in [5, 5.41) is 14.3. The van der Waals surface area contributed by atoms with E-state index in [4.69, 9.17) is 9.84 Å². The van der Waals surface area contributed by atoms with Crippen molar-refractivity contribution >= 4 is 18.0 Å². The summed E-state index contributed by atoms with van der Waals surface area (Å²) in [5.41, 5.74) is 3.92. The maximum Gasteiger partial charge on any atom is 0.407 e. The number of carbonyl (C=O) groups excluding carboxylic acids is 2. The van der Waals surface area contributed by atoms with Gasteiger partial charge in [-0.15, -0.1) is 0 Å². The van der Waals surface area contributed by atoms with Crippen LogP contribution in [0.3, 0.4) is 0 Å². The minimum absolute atomic E-state index is 0.0205. The average Bonchev–Trinajstić information content (AvgIpc) is 3.40. The second kappa shape index (κ2) is 9.42. The molecular formula is C25H28N2O5. The maximum atomic E-state index is 12.7. The van der Waals surface area contributed by atoms with E-state index in [-0.39, 0.29) is 37.9 Å². The van der Waals surface area contributed by atoms with Crippen LogP contribution in [0, 0.1) is 5.41 Å². The van der Waals surface area contributed by atoms with Gasteiger partial charge in [0.05, 0.1) is 11.8 Å². The van der Waals surface area contributed by atoms with Gasteiger partial charge in [-0.2, -0.15) is 0 Å². The number of hydrogen-bond donors (Lipinski definition) is 3. The molecule has 2 aromatic carbocycles. The van der Waals surface area contributed by atoms with Crippen molar-refractivity contribution in [3.63, 3.8) is 0 Å². The standard InChI is InChI=1S/C25H28N2O5/c28-22(29)11-14-26-23(30)25(12-5-6-13-25)16-27-24(31)32-15-21-19-9-3-1-7-17(19)18-8-2-4-10-20(18)21/h1-4,7-10,21H,5-6,11-16H2,(H,26,30)(H,27,31)(H,28,29). The average molecular weight is 437 g/mol. The molecule has 3 N–H and O–H groups in total. The highest BCUT2D eigenvalue weighted by atomic mass is 16.5. The lowest BCUT2D eigenvalue weighted by molar-refractivity contribution is -0.137. The Morgan fingerprint density at radius 3 is 2.12 bits per heavy atom. The smallest absolute Gasteiger partial charge is 0.407 e. The number of benzene rings is 2. The molecule has 0 radical (unpaired) electrons. The van der Waals surface area contributed by atoms with Gasteiger partial charge in [-0.3, -0.25) is 9.59 Å². The van der Waals surface area contributed by atoms with Gasteiger partial charge in [0.15, 0.2) is 0 Å². The number of rotatable bonds is 8. The lowest BCUT2D eigenvalue weighted by atomic mass is 9.85. The van der Waals surface area contributed by atoms with Crippen molar-refractivity contribution in [2.24, 2.45) is 5.41 Å². The first kappa shape index (κ1) is 21.9. The number of carboxylic acid groups (broad SMARTS) is 1. The van der Waals surface area contributed by atoms with Crippen molar-refractivity contribution in [3.05, 3.63) is 59.7 Å². The summed E-state index contributed by atoms with van der Waals surface area (Å²) < 4.78 is 5.58. The van der Waals surface area contributed by atoms with E-state index >= 15 is 0 Å².